The van der Waals surface area contributed by atoms with Crippen LogP contribution in [0.4, 0.5) is 0 Å². The molecule has 1 saturated carbocycles. The van der Waals surface area contributed by atoms with Gasteiger partial charge in [0, 0.05) is 6.54 Å². The molecule has 0 spiro atoms. The van der Waals surface area contributed by atoms with Gasteiger partial charge in [-0.05, 0) is 18.3 Å². The molecule has 1 aromatic heterocycles. The van der Waals surface area contributed by atoms with E-state index in [1.54, 1.807) is 0 Å². The van der Waals surface area contributed by atoms with Crippen molar-refractivity contribution in [2.75, 3.05) is 6.54 Å². The van der Waals surface area contributed by atoms with Crippen LogP contribution in [0.1, 0.15) is 30.3 Å². The van der Waals surface area contributed by atoms with Gasteiger partial charge < -0.3 is 10.4 Å². The molecule has 2 rings (SSSR count). The van der Waals surface area contributed by atoms with Gasteiger partial charge in [-0.1, -0.05) is 12.1 Å². The number of hydrogen-bond acceptors (Lipinski definition) is 4. The third kappa shape index (κ3) is 3.02. The van der Waals surface area contributed by atoms with Crippen molar-refractivity contribution in [2.45, 2.75) is 26.3 Å². The average molecular weight is 238 g/mol. The normalized spacial score (nSPS) is 16.5. The van der Waals surface area contributed by atoms with Gasteiger partial charge in [-0.15, -0.1) is 5.10 Å². The second-order valence-corrected chi connectivity index (χ2v) is 4.69. The number of carboxylic acid groups (broad SMARTS) is 1. The van der Waals surface area contributed by atoms with Crippen LogP contribution < -0.4 is 5.32 Å². The molecule has 1 aromatic rings. The van der Waals surface area contributed by atoms with Crippen molar-refractivity contribution in [1.29, 1.82) is 0 Å². The SMILES string of the molecule is CC1(CNC(=O)Cn2cc(C(=O)O)nn2)CC1. The van der Waals surface area contributed by atoms with Crippen molar-refractivity contribution >= 4 is 11.9 Å². The Kier molecular flexibility index (Phi) is 2.83. The zero-order valence-corrected chi connectivity index (χ0v) is 9.51. The second-order valence-electron chi connectivity index (χ2n) is 4.69. The number of nitrogens with zero attached hydrogens (tertiary/aromatic N) is 3. The van der Waals surface area contributed by atoms with Crippen LogP contribution in [0.15, 0.2) is 6.20 Å². The van der Waals surface area contributed by atoms with Gasteiger partial charge in [0.05, 0.1) is 6.20 Å². The quantitative estimate of drug-likeness (QED) is 0.746. The van der Waals surface area contributed by atoms with E-state index in [1.165, 1.54) is 10.9 Å². The molecule has 1 heterocycles. The molecule has 17 heavy (non-hydrogen) atoms. The molecule has 7 nitrogen and oxygen atoms in total. The maximum atomic E-state index is 11.5. The summed E-state index contributed by atoms with van der Waals surface area (Å²) in [5.74, 6) is -1.33. The number of carbonyl (C=O) groups excluding carboxylic acids is 1. The fourth-order valence-corrected chi connectivity index (χ4v) is 1.38. The number of hydrogen-bond donors (Lipinski definition) is 2. The minimum atomic E-state index is -1.15. The Morgan fingerprint density at radius 1 is 1.59 bits per heavy atom. The van der Waals surface area contributed by atoms with Crippen molar-refractivity contribution in [3.8, 4) is 0 Å². The maximum Gasteiger partial charge on any atom is 0.358 e. The molecule has 92 valence electrons. The summed E-state index contributed by atoms with van der Waals surface area (Å²) in [5.41, 5.74) is 0.0940. The summed E-state index contributed by atoms with van der Waals surface area (Å²) in [6.07, 6.45) is 3.51. The summed E-state index contributed by atoms with van der Waals surface area (Å²) >= 11 is 0. The number of carboxylic acids is 1. The Hall–Kier alpha value is -1.92. The standard InChI is InChI=1S/C10H14N4O3/c1-10(2-3-10)6-11-8(15)5-14-4-7(9(16)17)12-13-14/h4H,2-3,5-6H2,1H3,(H,11,15)(H,16,17). The van der Waals surface area contributed by atoms with Gasteiger partial charge in [0.1, 0.15) is 6.54 Å². The van der Waals surface area contributed by atoms with Crippen LogP contribution in [0, 0.1) is 5.41 Å². The van der Waals surface area contributed by atoms with Gasteiger partial charge in [-0.2, -0.15) is 0 Å². The minimum Gasteiger partial charge on any atom is -0.476 e. The largest absolute Gasteiger partial charge is 0.476 e. The Bertz CT molecular complexity index is 450. The van der Waals surface area contributed by atoms with E-state index >= 15 is 0 Å². The van der Waals surface area contributed by atoms with Gasteiger partial charge in [-0.25, -0.2) is 9.48 Å². The molecule has 0 aliphatic heterocycles. The van der Waals surface area contributed by atoms with E-state index in [4.69, 9.17) is 5.11 Å². The average Bonchev–Trinajstić information content (AvgIpc) is 2.81. The highest BCUT2D eigenvalue weighted by Crippen LogP contribution is 2.43. The molecule has 0 bridgehead atoms. The van der Waals surface area contributed by atoms with Crippen LogP contribution in [0.5, 0.6) is 0 Å². The summed E-state index contributed by atoms with van der Waals surface area (Å²) in [6, 6.07) is 0. The monoisotopic (exact) mass is 238 g/mol. The first-order valence-electron chi connectivity index (χ1n) is 5.39. The third-order valence-electron chi connectivity index (χ3n) is 2.88. The lowest BCUT2D eigenvalue weighted by Crippen LogP contribution is -2.32. The lowest BCUT2D eigenvalue weighted by molar-refractivity contribution is -0.122. The molecule has 1 aliphatic rings. The molecule has 0 saturated heterocycles. The van der Waals surface area contributed by atoms with Gasteiger partial charge >= 0.3 is 5.97 Å². The predicted octanol–water partition coefficient (Wildman–Crippen LogP) is -0.107. The van der Waals surface area contributed by atoms with Crippen LogP contribution in [0.3, 0.4) is 0 Å². The number of aromatic carboxylic acids is 1. The van der Waals surface area contributed by atoms with Crippen molar-refractivity contribution < 1.29 is 14.7 Å². The smallest absolute Gasteiger partial charge is 0.358 e. The molecule has 2 N–H and O–H groups in total. The fourth-order valence-electron chi connectivity index (χ4n) is 1.38. The topological polar surface area (TPSA) is 97.1 Å². The minimum absolute atomic E-state index is 0.00361. The summed E-state index contributed by atoms with van der Waals surface area (Å²) in [6.45, 7) is 2.77. The number of aromatic nitrogens is 3. The molecule has 0 atom stereocenters. The van der Waals surface area contributed by atoms with Crippen LogP contribution in [0.2, 0.25) is 0 Å². The first-order chi connectivity index (χ1) is 7.98. The van der Waals surface area contributed by atoms with Crippen LogP contribution in [-0.4, -0.2) is 38.5 Å². The van der Waals surface area contributed by atoms with Crippen molar-refractivity contribution in [1.82, 2.24) is 20.3 Å². The van der Waals surface area contributed by atoms with E-state index in [0.717, 1.165) is 12.8 Å². The Morgan fingerprint density at radius 3 is 2.82 bits per heavy atom. The van der Waals surface area contributed by atoms with Crippen LogP contribution in [0.25, 0.3) is 0 Å². The van der Waals surface area contributed by atoms with Crippen LogP contribution >= 0.6 is 0 Å². The summed E-state index contributed by atoms with van der Waals surface area (Å²) < 4.78 is 1.22. The van der Waals surface area contributed by atoms with E-state index < -0.39 is 5.97 Å². The summed E-state index contributed by atoms with van der Waals surface area (Å²) in [7, 11) is 0. The Morgan fingerprint density at radius 2 is 2.29 bits per heavy atom. The van der Waals surface area contributed by atoms with Crippen molar-refractivity contribution in [2.24, 2.45) is 5.41 Å². The van der Waals surface area contributed by atoms with Crippen molar-refractivity contribution in [3.63, 3.8) is 0 Å². The van der Waals surface area contributed by atoms with E-state index in [2.05, 4.69) is 22.6 Å². The molecule has 0 radical (unpaired) electrons. The second kappa shape index (κ2) is 4.15. The number of amides is 1. The first-order valence-corrected chi connectivity index (χ1v) is 5.39. The number of carbonyl (C=O) groups is 2. The summed E-state index contributed by atoms with van der Waals surface area (Å²) in [5, 5.41) is 18.4. The molecule has 0 aromatic carbocycles. The molecule has 1 aliphatic carbocycles. The van der Waals surface area contributed by atoms with E-state index in [0.29, 0.717) is 6.54 Å². The van der Waals surface area contributed by atoms with Crippen molar-refractivity contribution in [3.05, 3.63) is 11.9 Å². The lowest BCUT2D eigenvalue weighted by Gasteiger charge is -2.09. The molecule has 1 amide bonds. The highest BCUT2D eigenvalue weighted by atomic mass is 16.4. The van der Waals surface area contributed by atoms with Gasteiger partial charge in [-0.3, -0.25) is 4.79 Å². The zero-order chi connectivity index (χ0) is 12.5. The lowest BCUT2D eigenvalue weighted by atomic mass is 10.1. The molecule has 0 unspecified atom stereocenters. The zero-order valence-electron chi connectivity index (χ0n) is 9.51. The first kappa shape index (κ1) is 11.6. The van der Waals surface area contributed by atoms with Crippen LogP contribution in [-0.2, 0) is 11.3 Å². The molecular formula is C10H14N4O3. The van der Waals surface area contributed by atoms with E-state index in [-0.39, 0.29) is 23.6 Å². The number of nitrogens with one attached hydrogen (secondary N) is 1. The van der Waals surface area contributed by atoms with Gasteiger partial charge in [0.15, 0.2) is 5.69 Å². The van der Waals surface area contributed by atoms with E-state index in [9.17, 15) is 9.59 Å². The molecule has 1 fully saturated rings. The maximum absolute atomic E-state index is 11.5. The molecule has 7 heteroatoms. The highest BCUT2D eigenvalue weighted by Gasteiger charge is 2.37. The fraction of sp³-hybridized carbons (Fsp3) is 0.600. The summed E-state index contributed by atoms with van der Waals surface area (Å²) in [4.78, 5) is 22.1. The Balaban J connectivity index is 1.82. The predicted molar refractivity (Wildman–Crippen MR) is 57.3 cm³/mol. The molecular weight excluding hydrogens is 224 g/mol. The van der Waals surface area contributed by atoms with Gasteiger partial charge in [0.25, 0.3) is 0 Å². The Labute approximate surface area is 97.8 Å². The third-order valence-corrected chi connectivity index (χ3v) is 2.88. The van der Waals surface area contributed by atoms with E-state index in [1.807, 2.05) is 0 Å². The highest BCUT2D eigenvalue weighted by molar-refractivity contribution is 5.84. The number of rotatable bonds is 5. The van der Waals surface area contributed by atoms with Gasteiger partial charge in [0.2, 0.25) is 5.91 Å².